The molecule has 0 aromatic heterocycles. The Morgan fingerprint density at radius 3 is 2.50 bits per heavy atom. The van der Waals surface area contributed by atoms with Crippen LogP contribution in [0, 0.1) is 5.41 Å². The number of carbonyl (C=O) groups excluding carboxylic acids is 2. The van der Waals surface area contributed by atoms with Crippen molar-refractivity contribution in [3.8, 4) is 0 Å². The van der Waals surface area contributed by atoms with E-state index in [0.29, 0.717) is 6.42 Å². The molecule has 3 heteroatoms. The Morgan fingerprint density at radius 2 is 2.00 bits per heavy atom. The van der Waals surface area contributed by atoms with Crippen LogP contribution in [0.25, 0.3) is 0 Å². The number of rotatable bonds is 5. The zero-order valence-electron chi connectivity index (χ0n) is 9.60. The summed E-state index contributed by atoms with van der Waals surface area (Å²) in [5.41, 5.74) is 0.259. The number of ether oxygens (including phenoxy) is 1. The third kappa shape index (κ3) is 2.92. The van der Waals surface area contributed by atoms with Crippen LogP contribution in [0.4, 0.5) is 0 Å². The first-order valence-corrected chi connectivity index (χ1v) is 5.18. The summed E-state index contributed by atoms with van der Waals surface area (Å²) < 4.78 is 4.74. The second-order valence-corrected chi connectivity index (χ2v) is 4.09. The minimum Gasteiger partial charge on any atom is -0.469 e. The number of hydrogen-bond donors (Lipinski definition) is 0. The SMILES string of the molecule is COC(=O)C(C)(CC=O)Cc1ccccc1. The molecule has 0 saturated carbocycles. The van der Waals surface area contributed by atoms with E-state index in [4.69, 9.17) is 4.74 Å². The largest absolute Gasteiger partial charge is 0.469 e. The predicted molar refractivity (Wildman–Crippen MR) is 61.0 cm³/mol. The average Bonchev–Trinajstić information content (AvgIpc) is 2.29. The lowest BCUT2D eigenvalue weighted by Gasteiger charge is -2.24. The fourth-order valence-corrected chi connectivity index (χ4v) is 1.70. The molecule has 1 atom stereocenters. The summed E-state index contributed by atoms with van der Waals surface area (Å²) in [6, 6.07) is 9.61. The van der Waals surface area contributed by atoms with Crippen LogP contribution < -0.4 is 0 Å². The minimum absolute atomic E-state index is 0.175. The van der Waals surface area contributed by atoms with Crippen molar-refractivity contribution < 1.29 is 14.3 Å². The van der Waals surface area contributed by atoms with Crippen molar-refractivity contribution >= 4 is 12.3 Å². The highest BCUT2D eigenvalue weighted by atomic mass is 16.5. The molecule has 1 aromatic rings. The standard InChI is InChI=1S/C13H16O3/c1-13(8-9-14,12(15)16-2)10-11-6-4-3-5-7-11/h3-7,9H,8,10H2,1-2H3. The van der Waals surface area contributed by atoms with E-state index >= 15 is 0 Å². The molecule has 16 heavy (non-hydrogen) atoms. The van der Waals surface area contributed by atoms with Crippen LogP contribution in [0.1, 0.15) is 18.9 Å². The molecule has 0 N–H and O–H groups in total. The first-order valence-electron chi connectivity index (χ1n) is 5.18. The van der Waals surface area contributed by atoms with Gasteiger partial charge in [0.25, 0.3) is 0 Å². The maximum absolute atomic E-state index is 11.6. The smallest absolute Gasteiger partial charge is 0.312 e. The maximum Gasteiger partial charge on any atom is 0.312 e. The van der Waals surface area contributed by atoms with E-state index in [-0.39, 0.29) is 12.4 Å². The van der Waals surface area contributed by atoms with Gasteiger partial charge in [0.05, 0.1) is 12.5 Å². The molecule has 0 bridgehead atoms. The predicted octanol–water partition coefficient (Wildman–Crippen LogP) is 2.00. The van der Waals surface area contributed by atoms with Crippen molar-refractivity contribution in [2.24, 2.45) is 5.41 Å². The first kappa shape index (κ1) is 12.4. The van der Waals surface area contributed by atoms with Gasteiger partial charge in [0.2, 0.25) is 0 Å². The number of benzene rings is 1. The van der Waals surface area contributed by atoms with Crippen molar-refractivity contribution in [1.29, 1.82) is 0 Å². The molecule has 0 radical (unpaired) electrons. The van der Waals surface area contributed by atoms with Crippen molar-refractivity contribution in [1.82, 2.24) is 0 Å². The number of carbonyl (C=O) groups is 2. The highest BCUT2D eigenvalue weighted by Crippen LogP contribution is 2.27. The molecule has 1 unspecified atom stereocenters. The summed E-state index contributed by atoms with van der Waals surface area (Å²) in [4.78, 5) is 22.3. The zero-order chi connectivity index (χ0) is 12.0. The van der Waals surface area contributed by atoms with E-state index in [2.05, 4.69) is 0 Å². The van der Waals surface area contributed by atoms with Crippen LogP contribution in [0.3, 0.4) is 0 Å². The monoisotopic (exact) mass is 220 g/mol. The molecule has 0 amide bonds. The molecule has 0 fully saturated rings. The van der Waals surface area contributed by atoms with Gasteiger partial charge in [-0.05, 0) is 18.9 Å². The second-order valence-electron chi connectivity index (χ2n) is 4.09. The van der Waals surface area contributed by atoms with Gasteiger partial charge in [0.15, 0.2) is 0 Å². The van der Waals surface area contributed by atoms with Gasteiger partial charge in [0, 0.05) is 6.42 Å². The third-order valence-corrected chi connectivity index (χ3v) is 2.65. The van der Waals surface area contributed by atoms with Gasteiger partial charge in [-0.1, -0.05) is 30.3 Å². The van der Waals surface area contributed by atoms with Crippen LogP contribution in [0.15, 0.2) is 30.3 Å². The summed E-state index contributed by atoms with van der Waals surface area (Å²) in [5, 5.41) is 0. The van der Waals surface area contributed by atoms with Crippen LogP contribution in [-0.4, -0.2) is 19.4 Å². The number of methoxy groups -OCH3 is 1. The number of hydrogen-bond acceptors (Lipinski definition) is 3. The molecular formula is C13H16O3. The third-order valence-electron chi connectivity index (χ3n) is 2.65. The van der Waals surface area contributed by atoms with E-state index in [1.54, 1.807) is 6.92 Å². The molecule has 0 heterocycles. The average molecular weight is 220 g/mol. The maximum atomic E-state index is 11.6. The Hall–Kier alpha value is -1.64. The fraction of sp³-hybridized carbons (Fsp3) is 0.385. The minimum atomic E-state index is -0.766. The highest BCUT2D eigenvalue weighted by Gasteiger charge is 2.34. The van der Waals surface area contributed by atoms with E-state index in [1.807, 2.05) is 30.3 Å². The van der Waals surface area contributed by atoms with Crippen molar-refractivity contribution in [3.05, 3.63) is 35.9 Å². The Kier molecular flexibility index (Phi) is 4.23. The van der Waals surface area contributed by atoms with Gasteiger partial charge in [-0.25, -0.2) is 0 Å². The van der Waals surface area contributed by atoms with E-state index in [9.17, 15) is 9.59 Å². The van der Waals surface area contributed by atoms with Crippen molar-refractivity contribution in [2.75, 3.05) is 7.11 Å². The molecule has 0 aliphatic heterocycles. The lowest BCUT2D eigenvalue weighted by atomic mass is 9.81. The Labute approximate surface area is 95.4 Å². The first-order chi connectivity index (χ1) is 7.62. The second kappa shape index (κ2) is 5.45. The summed E-state index contributed by atoms with van der Waals surface area (Å²) >= 11 is 0. The van der Waals surface area contributed by atoms with Crippen LogP contribution >= 0.6 is 0 Å². The van der Waals surface area contributed by atoms with Gasteiger partial charge in [0.1, 0.15) is 6.29 Å². The van der Waals surface area contributed by atoms with Crippen LogP contribution in [0.5, 0.6) is 0 Å². The molecular weight excluding hydrogens is 204 g/mol. The van der Waals surface area contributed by atoms with Gasteiger partial charge < -0.3 is 9.53 Å². The van der Waals surface area contributed by atoms with E-state index < -0.39 is 5.41 Å². The Morgan fingerprint density at radius 1 is 1.38 bits per heavy atom. The van der Waals surface area contributed by atoms with E-state index in [1.165, 1.54) is 7.11 Å². The van der Waals surface area contributed by atoms with Gasteiger partial charge in [-0.15, -0.1) is 0 Å². The molecule has 1 aromatic carbocycles. The quantitative estimate of drug-likeness (QED) is 0.563. The van der Waals surface area contributed by atoms with Crippen molar-refractivity contribution in [2.45, 2.75) is 19.8 Å². The normalized spacial score (nSPS) is 13.9. The molecule has 0 aliphatic rings. The van der Waals surface area contributed by atoms with Gasteiger partial charge >= 0.3 is 5.97 Å². The molecule has 0 aliphatic carbocycles. The fourth-order valence-electron chi connectivity index (χ4n) is 1.70. The zero-order valence-corrected chi connectivity index (χ0v) is 9.60. The van der Waals surface area contributed by atoms with Gasteiger partial charge in [-0.3, -0.25) is 4.79 Å². The Bertz CT molecular complexity index is 359. The van der Waals surface area contributed by atoms with Crippen LogP contribution in [0.2, 0.25) is 0 Å². The number of aldehydes is 1. The van der Waals surface area contributed by atoms with Gasteiger partial charge in [-0.2, -0.15) is 0 Å². The lowest BCUT2D eigenvalue weighted by Crippen LogP contribution is -2.32. The molecule has 0 spiro atoms. The molecule has 86 valence electrons. The van der Waals surface area contributed by atoms with Crippen molar-refractivity contribution in [3.63, 3.8) is 0 Å². The molecule has 0 saturated heterocycles. The van der Waals surface area contributed by atoms with Crippen LogP contribution in [-0.2, 0) is 20.7 Å². The summed E-state index contributed by atoms with van der Waals surface area (Å²) in [5.74, 6) is -0.344. The summed E-state index contributed by atoms with van der Waals surface area (Å²) in [6.45, 7) is 1.75. The Balaban J connectivity index is 2.87. The highest BCUT2D eigenvalue weighted by molar-refractivity contribution is 5.79. The topological polar surface area (TPSA) is 43.4 Å². The molecule has 3 nitrogen and oxygen atoms in total. The lowest BCUT2D eigenvalue weighted by molar-refractivity contribution is -0.152. The summed E-state index contributed by atoms with van der Waals surface area (Å²) in [6.07, 6.45) is 1.45. The van der Waals surface area contributed by atoms with E-state index in [0.717, 1.165) is 11.8 Å². The summed E-state index contributed by atoms with van der Waals surface area (Å²) in [7, 11) is 1.34. The number of esters is 1. The molecule has 1 rings (SSSR count).